The highest BCUT2D eigenvalue weighted by molar-refractivity contribution is 9.10. The van der Waals surface area contributed by atoms with E-state index in [4.69, 9.17) is 9.47 Å². The second-order valence-corrected chi connectivity index (χ2v) is 11.5. The molecule has 6 nitrogen and oxygen atoms in total. The minimum Gasteiger partial charge on any atom is -0.416 e. The van der Waals surface area contributed by atoms with Gasteiger partial charge in [0.2, 0.25) is 5.76 Å². The van der Waals surface area contributed by atoms with Crippen LogP contribution in [0.2, 0.25) is 0 Å². The molecule has 0 saturated heterocycles. The number of hydrogen-bond acceptors (Lipinski definition) is 6. The summed E-state index contributed by atoms with van der Waals surface area (Å²) in [4.78, 5) is 30.8. The summed E-state index contributed by atoms with van der Waals surface area (Å²) in [5.41, 5.74) is -0.651. The van der Waals surface area contributed by atoms with E-state index in [2.05, 4.69) is 47.0 Å². The van der Waals surface area contributed by atoms with Crippen molar-refractivity contribution < 1.29 is 19.1 Å². The molecular formula is C25H33BrN2O4. The third kappa shape index (κ3) is 5.87. The maximum Gasteiger partial charge on any atom is 0.346 e. The Hall–Kier alpha value is -1.99. The molecule has 3 rings (SSSR count). The van der Waals surface area contributed by atoms with Crippen molar-refractivity contribution >= 4 is 33.8 Å². The van der Waals surface area contributed by atoms with Gasteiger partial charge in [0.05, 0.1) is 16.6 Å². The van der Waals surface area contributed by atoms with Gasteiger partial charge in [-0.15, -0.1) is 0 Å². The molecule has 0 bridgehead atoms. The Morgan fingerprint density at radius 2 is 1.66 bits per heavy atom. The number of halogens is 1. The van der Waals surface area contributed by atoms with E-state index >= 15 is 0 Å². The third-order valence-corrected chi connectivity index (χ3v) is 5.86. The van der Waals surface area contributed by atoms with Crippen LogP contribution in [0.1, 0.15) is 84.0 Å². The van der Waals surface area contributed by atoms with Gasteiger partial charge in [0.15, 0.2) is 0 Å². The van der Waals surface area contributed by atoms with Crippen LogP contribution < -0.4 is 5.32 Å². The van der Waals surface area contributed by atoms with Crippen LogP contribution in [0.5, 0.6) is 0 Å². The molecule has 1 fully saturated rings. The summed E-state index contributed by atoms with van der Waals surface area (Å²) in [6.45, 7) is 11.9. The van der Waals surface area contributed by atoms with Gasteiger partial charge < -0.3 is 14.8 Å². The minimum atomic E-state index is -0.641. The molecule has 1 N–H and O–H groups in total. The smallest absolute Gasteiger partial charge is 0.346 e. The predicted octanol–water partition coefficient (Wildman–Crippen LogP) is 5.70. The number of hydrogen-bond donors (Lipinski definition) is 1. The van der Waals surface area contributed by atoms with Crippen molar-refractivity contribution in [2.45, 2.75) is 90.3 Å². The molecule has 1 heterocycles. The Kier molecular flexibility index (Phi) is 7.01. The zero-order valence-electron chi connectivity index (χ0n) is 19.8. The number of benzene rings is 1. The molecule has 1 aromatic rings. The van der Waals surface area contributed by atoms with Gasteiger partial charge in [-0.3, -0.25) is 0 Å². The van der Waals surface area contributed by atoms with Crippen LogP contribution in [0.4, 0.5) is 0 Å². The molecule has 32 heavy (non-hydrogen) atoms. The fourth-order valence-corrected chi connectivity index (χ4v) is 4.58. The van der Waals surface area contributed by atoms with E-state index in [9.17, 15) is 9.59 Å². The van der Waals surface area contributed by atoms with Crippen LogP contribution >= 0.6 is 15.9 Å². The minimum absolute atomic E-state index is 0.0728. The molecule has 0 radical (unpaired) electrons. The van der Waals surface area contributed by atoms with E-state index in [0.717, 1.165) is 36.6 Å². The zero-order chi connectivity index (χ0) is 23.7. The van der Waals surface area contributed by atoms with Gasteiger partial charge >= 0.3 is 11.9 Å². The number of rotatable bonds is 4. The van der Waals surface area contributed by atoms with Crippen molar-refractivity contribution in [1.82, 2.24) is 5.32 Å². The number of carbonyl (C=O) groups excluding carboxylic acids is 2. The number of nitrogens with one attached hydrogen (secondary N) is 1. The van der Waals surface area contributed by atoms with Crippen LogP contribution in [0.25, 0.3) is 0 Å². The van der Waals surface area contributed by atoms with Crippen molar-refractivity contribution in [1.29, 1.82) is 0 Å². The highest BCUT2D eigenvalue weighted by atomic mass is 79.9. The molecule has 0 aromatic heterocycles. The largest absolute Gasteiger partial charge is 0.416 e. The molecule has 1 aliphatic carbocycles. The number of esters is 2. The van der Waals surface area contributed by atoms with Gasteiger partial charge in [0, 0.05) is 10.0 Å². The van der Waals surface area contributed by atoms with Crippen LogP contribution in [0, 0.1) is 0 Å². The van der Waals surface area contributed by atoms with E-state index < -0.39 is 23.0 Å². The van der Waals surface area contributed by atoms with E-state index in [1.807, 2.05) is 20.8 Å². The molecule has 0 spiro atoms. The highest BCUT2D eigenvalue weighted by Crippen LogP contribution is 2.41. The lowest BCUT2D eigenvalue weighted by atomic mass is 9.74. The van der Waals surface area contributed by atoms with E-state index in [0.29, 0.717) is 11.1 Å². The van der Waals surface area contributed by atoms with Gasteiger partial charge in [0.1, 0.15) is 5.57 Å². The monoisotopic (exact) mass is 504 g/mol. The van der Waals surface area contributed by atoms with Gasteiger partial charge in [-0.1, -0.05) is 35.2 Å². The summed E-state index contributed by atoms with van der Waals surface area (Å²) >= 11 is 3.38. The summed E-state index contributed by atoms with van der Waals surface area (Å²) in [6.07, 6.45) is 4.57. The lowest BCUT2D eigenvalue weighted by Crippen LogP contribution is -2.57. The topological polar surface area (TPSA) is 77.0 Å². The average Bonchev–Trinajstić information content (AvgIpc) is 2.95. The van der Waals surface area contributed by atoms with E-state index in [1.165, 1.54) is 0 Å². The van der Waals surface area contributed by atoms with Crippen LogP contribution in [0.15, 0.2) is 45.1 Å². The average molecular weight is 505 g/mol. The van der Waals surface area contributed by atoms with Crippen molar-refractivity contribution in [2.24, 2.45) is 4.99 Å². The first kappa shape index (κ1) is 24.6. The first-order valence-electron chi connectivity index (χ1n) is 11.1. The van der Waals surface area contributed by atoms with Crippen LogP contribution in [-0.2, 0) is 14.3 Å². The van der Waals surface area contributed by atoms with Crippen molar-refractivity contribution in [3.63, 3.8) is 0 Å². The highest BCUT2D eigenvalue weighted by Gasteiger charge is 2.50. The molecule has 0 amide bonds. The van der Waals surface area contributed by atoms with E-state index in [1.54, 1.807) is 24.3 Å². The molecule has 0 unspecified atom stereocenters. The summed E-state index contributed by atoms with van der Waals surface area (Å²) in [5, 5.41) is 3.67. The standard InChI is InChI=1S/C25H33BrN2O4/c1-23(2,3)27-20-19(31-21(29)16-10-12-17(26)13-11-16)18(22(30)32-20)25(28-24(4,5)6)14-8-7-9-15-25/h10-13,28H,7-9,14-15H2,1-6H3. The lowest BCUT2D eigenvalue weighted by Gasteiger charge is -2.43. The summed E-state index contributed by atoms with van der Waals surface area (Å²) in [7, 11) is 0. The molecule has 1 saturated carbocycles. The molecule has 174 valence electrons. The quantitative estimate of drug-likeness (QED) is 0.531. The first-order valence-corrected chi connectivity index (χ1v) is 11.9. The maximum absolute atomic E-state index is 13.2. The Bertz CT molecular complexity index is 944. The molecular weight excluding hydrogens is 472 g/mol. The first-order chi connectivity index (χ1) is 14.8. The number of carbonyl (C=O) groups is 2. The van der Waals surface area contributed by atoms with Gasteiger partial charge in [0.25, 0.3) is 5.90 Å². The fourth-order valence-electron chi connectivity index (χ4n) is 4.32. The molecule has 7 heteroatoms. The Morgan fingerprint density at radius 1 is 1.06 bits per heavy atom. The molecule has 2 aliphatic rings. The Morgan fingerprint density at radius 3 is 2.19 bits per heavy atom. The van der Waals surface area contributed by atoms with Crippen LogP contribution in [0.3, 0.4) is 0 Å². The van der Waals surface area contributed by atoms with Crippen molar-refractivity contribution in [3.8, 4) is 0 Å². The summed E-state index contributed by atoms with van der Waals surface area (Å²) in [5.74, 6) is -0.836. The van der Waals surface area contributed by atoms with Gasteiger partial charge in [-0.05, 0) is 78.6 Å². The zero-order valence-corrected chi connectivity index (χ0v) is 21.4. The number of nitrogens with zero attached hydrogens (tertiary/aromatic N) is 1. The maximum atomic E-state index is 13.2. The van der Waals surface area contributed by atoms with Gasteiger partial charge in [-0.2, -0.15) is 0 Å². The van der Waals surface area contributed by atoms with Crippen molar-refractivity contribution in [3.05, 3.63) is 45.6 Å². The molecule has 0 atom stereocenters. The fraction of sp³-hybridized carbons (Fsp3) is 0.560. The second-order valence-electron chi connectivity index (χ2n) is 10.6. The lowest BCUT2D eigenvalue weighted by molar-refractivity contribution is -0.131. The Labute approximate surface area is 199 Å². The normalized spacial score (nSPS) is 20.5. The van der Waals surface area contributed by atoms with Crippen molar-refractivity contribution in [2.75, 3.05) is 0 Å². The summed E-state index contributed by atoms with van der Waals surface area (Å²) < 4.78 is 12.4. The third-order valence-electron chi connectivity index (χ3n) is 5.33. The number of ether oxygens (including phenoxy) is 2. The second kappa shape index (κ2) is 9.10. The van der Waals surface area contributed by atoms with Gasteiger partial charge in [-0.25, -0.2) is 14.6 Å². The SMILES string of the molecule is CC(C)(C)N=C1OC(=O)C(C2(NC(C)(C)C)CCCCC2)=C1OC(=O)c1ccc(Br)cc1. The number of cyclic esters (lactones) is 1. The predicted molar refractivity (Wildman–Crippen MR) is 129 cm³/mol. The number of aliphatic imine (C=N–C) groups is 1. The Balaban J connectivity index is 2.14. The molecule has 1 aliphatic heterocycles. The van der Waals surface area contributed by atoms with Crippen LogP contribution in [-0.4, -0.2) is 34.5 Å². The summed E-state index contributed by atoms with van der Waals surface area (Å²) in [6, 6.07) is 6.90. The van der Waals surface area contributed by atoms with E-state index in [-0.39, 0.29) is 17.2 Å². The molecule has 1 aromatic carbocycles.